The highest BCUT2D eigenvalue weighted by molar-refractivity contribution is 7.99. The zero-order valence-electron chi connectivity index (χ0n) is 10.6. The SMILES string of the molecule is Cc1c(Cl)nc(C(C)C)nc1Sc1ccccc1. The molecule has 2 rings (SSSR count). The third kappa shape index (κ3) is 3.03. The topological polar surface area (TPSA) is 25.8 Å². The number of hydrogen-bond acceptors (Lipinski definition) is 3. The first kappa shape index (κ1) is 13.4. The van der Waals surface area contributed by atoms with E-state index in [9.17, 15) is 0 Å². The normalized spacial score (nSPS) is 10.9. The first-order valence-electron chi connectivity index (χ1n) is 5.85. The van der Waals surface area contributed by atoms with E-state index in [0.29, 0.717) is 5.15 Å². The molecule has 0 aliphatic rings. The van der Waals surface area contributed by atoms with Gasteiger partial charge in [0.05, 0.1) is 0 Å². The third-order valence-electron chi connectivity index (χ3n) is 2.53. The van der Waals surface area contributed by atoms with E-state index in [1.165, 1.54) is 0 Å². The molecule has 0 aliphatic heterocycles. The van der Waals surface area contributed by atoms with Crippen LogP contribution >= 0.6 is 23.4 Å². The average molecular weight is 279 g/mol. The summed E-state index contributed by atoms with van der Waals surface area (Å²) in [5, 5.41) is 1.48. The Hall–Kier alpha value is -1.06. The highest BCUT2D eigenvalue weighted by Crippen LogP contribution is 2.31. The number of hydrogen-bond donors (Lipinski definition) is 0. The largest absolute Gasteiger partial charge is 0.226 e. The first-order chi connectivity index (χ1) is 8.58. The second-order valence-electron chi connectivity index (χ2n) is 4.37. The van der Waals surface area contributed by atoms with Crippen molar-refractivity contribution in [2.45, 2.75) is 36.6 Å². The summed E-state index contributed by atoms with van der Waals surface area (Å²) in [4.78, 5) is 10.1. The van der Waals surface area contributed by atoms with Gasteiger partial charge in [-0.25, -0.2) is 9.97 Å². The number of halogens is 1. The molecule has 0 radical (unpaired) electrons. The highest BCUT2D eigenvalue weighted by Gasteiger charge is 2.12. The molecule has 0 saturated heterocycles. The van der Waals surface area contributed by atoms with Crippen LogP contribution in [0.5, 0.6) is 0 Å². The van der Waals surface area contributed by atoms with Crippen molar-refractivity contribution in [3.8, 4) is 0 Å². The maximum Gasteiger partial charge on any atom is 0.136 e. The molecule has 4 heteroatoms. The zero-order valence-corrected chi connectivity index (χ0v) is 12.2. The van der Waals surface area contributed by atoms with Gasteiger partial charge in [0, 0.05) is 16.4 Å². The van der Waals surface area contributed by atoms with Crippen LogP contribution in [-0.4, -0.2) is 9.97 Å². The predicted molar refractivity (Wildman–Crippen MR) is 76.4 cm³/mol. The summed E-state index contributed by atoms with van der Waals surface area (Å²) < 4.78 is 0. The molecule has 1 aromatic carbocycles. The second-order valence-corrected chi connectivity index (χ2v) is 5.79. The van der Waals surface area contributed by atoms with Crippen LogP contribution in [0.2, 0.25) is 5.15 Å². The maximum absolute atomic E-state index is 6.16. The molecule has 0 atom stereocenters. The van der Waals surface area contributed by atoms with E-state index < -0.39 is 0 Å². The molecular weight excluding hydrogens is 264 g/mol. The monoisotopic (exact) mass is 278 g/mol. The van der Waals surface area contributed by atoms with Gasteiger partial charge < -0.3 is 0 Å². The van der Waals surface area contributed by atoms with Gasteiger partial charge in [-0.15, -0.1) is 0 Å². The molecule has 2 nitrogen and oxygen atoms in total. The molecular formula is C14H15ClN2S. The van der Waals surface area contributed by atoms with Crippen LogP contribution in [0.25, 0.3) is 0 Å². The lowest BCUT2D eigenvalue weighted by Gasteiger charge is -2.10. The van der Waals surface area contributed by atoms with E-state index in [-0.39, 0.29) is 5.92 Å². The van der Waals surface area contributed by atoms with Crippen molar-refractivity contribution in [1.82, 2.24) is 9.97 Å². The number of benzene rings is 1. The zero-order chi connectivity index (χ0) is 13.1. The van der Waals surface area contributed by atoms with Crippen LogP contribution < -0.4 is 0 Å². The molecule has 0 saturated carbocycles. The molecule has 0 fully saturated rings. The minimum atomic E-state index is 0.276. The summed E-state index contributed by atoms with van der Waals surface area (Å²) in [6, 6.07) is 10.2. The summed E-state index contributed by atoms with van der Waals surface area (Å²) >= 11 is 7.79. The fraction of sp³-hybridized carbons (Fsp3) is 0.286. The lowest BCUT2D eigenvalue weighted by atomic mass is 10.2. The Morgan fingerprint density at radius 2 is 1.78 bits per heavy atom. The van der Waals surface area contributed by atoms with Crippen LogP contribution in [-0.2, 0) is 0 Å². The molecule has 2 aromatic rings. The molecule has 0 N–H and O–H groups in total. The van der Waals surface area contributed by atoms with Crippen molar-refractivity contribution in [3.63, 3.8) is 0 Å². The predicted octanol–water partition coefficient (Wildman–Crippen LogP) is 4.71. The molecule has 0 amide bonds. The Kier molecular flexibility index (Phi) is 4.25. The van der Waals surface area contributed by atoms with E-state index >= 15 is 0 Å². The van der Waals surface area contributed by atoms with Gasteiger partial charge in [-0.1, -0.05) is 55.4 Å². The van der Waals surface area contributed by atoms with Gasteiger partial charge >= 0.3 is 0 Å². The molecule has 94 valence electrons. The van der Waals surface area contributed by atoms with Crippen molar-refractivity contribution in [2.75, 3.05) is 0 Å². The number of rotatable bonds is 3. The van der Waals surface area contributed by atoms with Crippen molar-refractivity contribution in [1.29, 1.82) is 0 Å². The molecule has 0 aliphatic carbocycles. The Bertz CT molecular complexity index is 541. The molecule has 0 unspecified atom stereocenters. The van der Waals surface area contributed by atoms with Crippen molar-refractivity contribution >= 4 is 23.4 Å². The average Bonchev–Trinajstić information content (AvgIpc) is 2.35. The van der Waals surface area contributed by atoms with E-state index in [1.807, 2.05) is 25.1 Å². The Labute approximate surface area is 117 Å². The molecule has 18 heavy (non-hydrogen) atoms. The fourth-order valence-corrected chi connectivity index (χ4v) is 2.58. The van der Waals surface area contributed by atoms with E-state index in [0.717, 1.165) is 21.3 Å². The smallest absolute Gasteiger partial charge is 0.136 e. The fourth-order valence-electron chi connectivity index (χ4n) is 1.44. The van der Waals surface area contributed by atoms with Gasteiger partial charge in [-0.05, 0) is 19.1 Å². The summed E-state index contributed by atoms with van der Waals surface area (Å²) in [5.74, 6) is 1.07. The molecule has 0 bridgehead atoms. The van der Waals surface area contributed by atoms with Gasteiger partial charge in [0.1, 0.15) is 16.0 Å². The molecule has 0 spiro atoms. The van der Waals surface area contributed by atoms with Gasteiger partial charge in [0.2, 0.25) is 0 Å². The summed E-state index contributed by atoms with van der Waals surface area (Å²) in [7, 11) is 0. The quantitative estimate of drug-likeness (QED) is 0.760. The van der Waals surface area contributed by atoms with E-state index in [1.54, 1.807) is 11.8 Å². The summed E-state index contributed by atoms with van der Waals surface area (Å²) in [5.41, 5.74) is 0.940. The minimum absolute atomic E-state index is 0.276. The van der Waals surface area contributed by atoms with Gasteiger partial charge in [0.15, 0.2) is 0 Å². The minimum Gasteiger partial charge on any atom is -0.226 e. The van der Waals surface area contributed by atoms with E-state index in [4.69, 9.17) is 11.6 Å². The molecule has 1 aromatic heterocycles. The lowest BCUT2D eigenvalue weighted by molar-refractivity contribution is 0.747. The van der Waals surface area contributed by atoms with Crippen molar-refractivity contribution in [2.24, 2.45) is 0 Å². The summed E-state index contributed by atoms with van der Waals surface area (Å²) in [6.45, 7) is 6.09. The van der Waals surface area contributed by atoms with E-state index in [2.05, 4.69) is 35.9 Å². The second kappa shape index (κ2) is 5.72. The first-order valence-corrected chi connectivity index (χ1v) is 7.04. The Morgan fingerprint density at radius 3 is 2.39 bits per heavy atom. The maximum atomic E-state index is 6.16. The van der Waals surface area contributed by atoms with Crippen LogP contribution in [0, 0.1) is 6.92 Å². The third-order valence-corrected chi connectivity index (χ3v) is 4.00. The van der Waals surface area contributed by atoms with Crippen LogP contribution in [0.15, 0.2) is 40.3 Å². The van der Waals surface area contributed by atoms with Gasteiger partial charge in [-0.3, -0.25) is 0 Å². The number of aromatic nitrogens is 2. The standard InChI is InChI=1S/C14H15ClN2S/c1-9(2)13-16-12(15)10(3)14(17-13)18-11-7-5-4-6-8-11/h4-9H,1-3H3. The van der Waals surface area contributed by atoms with Crippen LogP contribution in [0.3, 0.4) is 0 Å². The van der Waals surface area contributed by atoms with Crippen molar-refractivity contribution < 1.29 is 0 Å². The number of nitrogens with zero attached hydrogens (tertiary/aromatic N) is 2. The van der Waals surface area contributed by atoms with Crippen LogP contribution in [0.4, 0.5) is 0 Å². The van der Waals surface area contributed by atoms with Crippen molar-refractivity contribution in [3.05, 3.63) is 46.9 Å². The summed E-state index contributed by atoms with van der Waals surface area (Å²) in [6.07, 6.45) is 0. The Balaban J connectivity index is 2.38. The lowest BCUT2D eigenvalue weighted by Crippen LogP contribution is -2.01. The van der Waals surface area contributed by atoms with Gasteiger partial charge in [-0.2, -0.15) is 0 Å². The van der Waals surface area contributed by atoms with Crippen LogP contribution in [0.1, 0.15) is 31.2 Å². The highest BCUT2D eigenvalue weighted by atomic mass is 35.5. The molecule has 1 heterocycles. The Morgan fingerprint density at radius 1 is 1.11 bits per heavy atom. The van der Waals surface area contributed by atoms with Gasteiger partial charge in [0.25, 0.3) is 0 Å².